The summed E-state index contributed by atoms with van der Waals surface area (Å²) in [5.74, 6) is 0.286. The highest BCUT2D eigenvalue weighted by molar-refractivity contribution is 6.24. The van der Waals surface area contributed by atoms with Crippen LogP contribution in [0, 0.1) is 0 Å². The van der Waals surface area contributed by atoms with E-state index in [9.17, 15) is 4.79 Å². The fraction of sp³-hybridized carbons (Fsp3) is 0.438. The highest BCUT2D eigenvalue weighted by Gasteiger charge is 2.55. The molecule has 2 heteroatoms. The van der Waals surface area contributed by atoms with Crippen LogP contribution >= 0.6 is 0 Å². The van der Waals surface area contributed by atoms with E-state index >= 15 is 0 Å². The average molecular weight is 239 g/mol. The summed E-state index contributed by atoms with van der Waals surface area (Å²) >= 11 is 0. The van der Waals surface area contributed by atoms with E-state index in [-0.39, 0.29) is 11.4 Å². The summed E-state index contributed by atoms with van der Waals surface area (Å²) in [6.07, 6.45) is 5.91. The van der Waals surface area contributed by atoms with Crippen LogP contribution in [-0.4, -0.2) is 22.9 Å². The topological polar surface area (TPSA) is 20.3 Å². The second kappa shape index (κ2) is 3.47. The first-order valence-corrected chi connectivity index (χ1v) is 6.94. The first-order chi connectivity index (χ1) is 8.83. The van der Waals surface area contributed by atoms with Crippen molar-refractivity contribution < 1.29 is 4.79 Å². The normalized spacial score (nSPS) is 30.0. The third-order valence-corrected chi connectivity index (χ3v) is 4.89. The fourth-order valence-corrected chi connectivity index (χ4v) is 4.21. The lowest BCUT2D eigenvalue weighted by Crippen LogP contribution is -2.40. The van der Waals surface area contributed by atoms with E-state index in [0.29, 0.717) is 0 Å². The summed E-state index contributed by atoms with van der Waals surface area (Å²) in [6.45, 7) is 0.957. The second-order valence-electron chi connectivity index (χ2n) is 5.67. The highest BCUT2D eigenvalue weighted by Crippen LogP contribution is 2.54. The minimum absolute atomic E-state index is 0.127. The Morgan fingerprint density at radius 3 is 2.67 bits per heavy atom. The van der Waals surface area contributed by atoms with Crippen LogP contribution < -0.4 is 0 Å². The maximum Gasteiger partial charge on any atom is 0.255 e. The smallest absolute Gasteiger partial charge is 0.255 e. The van der Waals surface area contributed by atoms with Crippen LogP contribution in [0.5, 0.6) is 0 Å². The first kappa shape index (κ1) is 10.4. The number of carbonyl (C=O) groups excluding carboxylic acids is 1. The maximum absolute atomic E-state index is 12.7. The molecule has 92 valence electrons. The largest absolute Gasteiger partial charge is 0.329 e. The Kier molecular flexibility index (Phi) is 2.00. The van der Waals surface area contributed by atoms with Crippen molar-refractivity contribution in [1.82, 2.24) is 4.90 Å². The van der Waals surface area contributed by atoms with Gasteiger partial charge in [-0.1, -0.05) is 30.3 Å². The number of amides is 1. The molecule has 2 heterocycles. The zero-order valence-corrected chi connectivity index (χ0v) is 10.5. The van der Waals surface area contributed by atoms with Gasteiger partial charge in [0.25, 0.3) is 5.91 Å². The lowest BCUT2D eigenvalue weighted by Gasteiger charge is -2.30. The molecule has 2 fully saturated rings. The van der Waals surface area contributed by atoms with Gasteiger partial charge in [0.2, 0.25) is 0 Å². The highest BCUT2D eigenvalue weighted by atomic mass is 16.2. The summed E-state index contributed by atoms with van der Waals surface area (Å²) < 4.78 is 0. The summed E-state index contributed by atoms with van der Waals surface area (Å²) in [5, 5.41) is 0. The zero-order chi connectivity index (χ0) is 12.2. The van der Waals surface area contributed by atoms with Crippen LogP contribution in [0.4, 0.5) is 0 Å². The van der Waals surface area contributed by atoms with Gasteiger partial charge in [-0.3, -0.25) is 4.79 Å². The summed E-state index contributed by atoms with van der Waals surface area (Å²) in [7, 11) is 0. The second-order valence-corrected chi connectivity index (χ2v) is 5.67. The first-order valence-electron chi connectivity index (χ1n) is 6.94. The van der Waals surface area contributed by atoms with Crippen LogP contribution in [0.25, 0.3) is 5.57 Å². The van der Waals surface area contributed by atoms with Crippen molar-refractivity contribution in [2.75, 3.05) is 6.54 Å². The number of hydrogen-bond donors (Lipinski definition) is 0. The molecule has 2 aliphatic heterocycles. The number of hydrogen-bond acceptors (Lipinski definition) is 1. The Morgan fingerprint density at radius 1 is 1.06 bits per heavy atom. The zero-order valence-electron chi connectivity index (χ0n) is 10.5. The van der Waals surface area contributed by atoms with Crippen LogP contribution in [-0.2, 0) is 4.79 Å². The van der Waals surface area contributed by atoms with Gasteiger partial charge >= 0.3 is 0 Å². The Hall–Kier alpha value is -1.57. The molecule has 4 rings (SSSR count). The van der Waals surface area contributed by atoms with E-state index in [4.69, 9.17) is 0 Å². The molecule has 1 unspecified atom stereocenters. The van der Waals surface area contributed by atoms with Gasteiger partial charge in [-0.25, -0.2) is 0 Å². The fourth-order valence-electron chi connectivity index (χ4n) is 4.21. The standard InChI is InChI=1S/C16H17NO/c18-15-14(12-6-2-1-3-7-12)13-8-4-9-16(13)10-5-11-17(15)16/h1-3,6-7H,4-5,8-11H2. The molecule has 1 amide bonds. The van der Waals surface area contributed by atoms with E-state index in [1.54, 1.807) is 0 Å². The molecule has 0 N–H and O–H groups in total. The Balaban J connectivity index is 1.92. The van der Waals surface area contributed by atoms with Crippen molar-refractivity contribution in [3.8, 4) is 0 Å². The predicted octanol–water partition coefficient (Wildman–Crippen LogP) is 3.00. The maximum atomic E-state index is 12.7. The Morgan fingerprint density at radius 2 is 1.83 bits per heavy atom. The minimum atomic E-state index is 0.127. The van der Waals surface area contributed by atoms with E-state index in [1.807, 2.05) is 18.2 Å². The van der Waals surface area contributed by atoms with Crippen LogP contribution in [0.2, 0.25) is 0 Å². The molecular weight excluding hydrogens is 222 g/mol. The molecule has 1 aromatic rings. The van der Waals surface area contributed by atoms with Gasteiger partial charge in [-0.05, 0) is 43.2 Å². The molecule has 0 bridgehead atoms. The molecule has 1 spiro atoms. The molecule has 1 aliphatic carbocycles. The summed E-state index contributed by atoms with van der Waals surface area (Å²) in [6, 6.07) is 10.2. The van der Waals surface area contributed by atoms with Crippen molar-refractivity contribution in [3.05, 3.63) is 41.5 Å². The molecule has 2 nitrogen and oxygen atoms in total. The summed E-state index contributed by atoms with van der Waals surface area (Å²) in [4.78, 5) is 14.8. The van der Waals surface area contributed by atoms with E-state index in [0.717, 1.165) is 24.1 Å². The van der Waals surface area contributed by atoms with Crippen LogP contribution in [0.15, 0.2) is 35.9 Å². The van der Waals surface area contributed by atoms with Crippen molar-refractivity contribution in [1.29, 1.82) is 0 Å². The molecule has 3 aliphatic rings. The number of nitrogens with zero attached hydrogens (tertiary/aromatic N) is 1. The van der Waals surface area contributed by atoms with Crippen molar-refractivity contribution >= 4 is 11.5 Å². The molecule has 1 saturated heterocycles. The third-order valence-electron chi connectivity index (χ3n) is 4.89. The minimum Gasteiger partial charge on any atom is -0.329 e. The van der Waals surface area contributed by atoms with Gasteiger partial charge in [0.05, 0.1) is 5.54 Å². The SMILES string of the molecule is O=C1C(c2ccccc2)=C2CCCC23CCCN13. The van der Waals surface area contributed by atoms with Crippen molar-refractivity contribution in [2.24, 2.45) is 0 Å². The number of rotatable bonds is 1. The lowest BCUT2D eigenvalue weighted by molar-refractivity contribution is -0.126. The molecule has 1 atom stereocenters. The lowest BCUT2D eigenvalue weighted by atomic mass is 9.89. The molecular formula is C16H17NO. The van der Waals surface area contributed by atoms with Gasteiger partial charge in [0.15, 0.2) is 0 Å². The van der Waals surface area contributed by atoms with Gasteiger partial charge in [-0.15, -0.1) is 0 Å². The predicted molar refractivity (Wildman–Crippen MR) is 70.9 cm³/mol. The molecule has 18 heavy (non-hydrogen) atoms. The van der Waals surface area contributed by atoms with Crippen LogP contribution in [0.1, 0.15) is 37.7 Å². The van der Waals surface area contributed by atoms with Crippen LogP contribution in [0.3, 0.4) is 0 Å². The molecule has 1 saturated carbocycles. The van der Waals surface area contributed by atoms with E-state index in [2.05, 4.69) is 17.0 Å². The van der Waals surface area contributed by atoms with Gasteiger partial charge in [-0.2, -0.15) is 0 Å². The van der Waals surface area contributed by atoms with Crippen molar-refractivity contribution in [3.63, 3.8) is 0 Å². The average Bonchev–Trinajstić information content (AvgIpc) is 3.04. The molecule has 0 aromatic heterocycles. The van der Waals surface area contributed by atoms with Gasteiger partial charge in [0, 0.05) is 12.1 Å². The van der Waals surface area contributed by atoms with E-state index in [1.165, 1.54) is 31.3 Å². The molecule has 1 aromatic carbocycles. The van der Waals surface area contributed by atoms with E-state index < -0.39 is 0 Å². The Bertz CT molecular complexity index is 541. The monoisotopic (exact) mass is 239 g/mol. The van der Waals surface area contributed by atoms with Crippen molar-refractivity contribution in [2.45, 2.75) is 37.6 Å². The summed E-state index contributed by atoms with van der Waals surface area (Å²) in [5.41, 5.74) is 3.71. The number of carbonyl (C=O) groups is 1. The Labute approximate surface area is 107 Å². The van der Waals surface area contributed by atoms with Gasteiger partial charge < -0.3 is 4.90 Å². The number of benzene rings is 1. The third kappa shape index (κ3) is 1.11. The quantitative estimate of drug-likeness (QED) is 0.737. The molecule has 0 radical (unpaired) electrons. The van der Waals surface area contributed by atoms with Gasteiger partial charge in [0.1, 0.15) is 0 Å².